The molecule has 0 bridgehead atoms. The molecule has 4 rings (SSSR count). The Kier molecular flexibility index (Phi) is 6.60. The van der Waals surface area contributed by atoms with Crippen molar-refractivity contribution in [1.82, 2.24) is 20.1 Å². The maximum atomic E-state index is 12.8. The number of aromatic nitrogens is 3. The van der Waals surface area contributed by atoms with E-state index in [0.717, 1.165) is 5.56 Å². The van der Waals surface area contributed by atoms with Crippen LogP contribution in [0.4, 0.5) is 5.69 Å². The molecule has 1 atom stereocenters. The monoisotopic (exact) mass is 453 g/mol. The first-order valence-electron chi connectivity index (χ1n) is 10.1. The molecule has 0 aliphatic carbocycles. The molecule has 1 aliphatic heterocycles. The van der Waals surface area contributed by atoms with Crippen LogP contribution in [-0.2, 0) is 11.8 Å². The van der Waals surface area contributed by atoms with Gasteiger partial charge in [0.2, 0.25) is 5.91 Å². The second-order valence-electron chi connectivity index (χ2n) is 7.24. The van der Waals surface area contributed by atoms with Gasteiger partial charge in [0.25, 0.3) is 5.91 Å². The number of anilines is 1. The van der Waals surface area contributed by atoms with Gasteiger partial charge in [0.05, 0.1) is 11.8 Å². The molecule has 32 heavy (non-hydrogen) atoms. The first kappa shape index (κ1) is 21.7. The van der Waals surface area contributed by atoms with Gasteiger partial charge in [-0.25, -0.2) is 0 Å². The summed E-state index contributed by atoms with van der Waals surface area (Å²) in [6, 6.07) is 12.2. The molecule has 0 saturated carbocycles. The number of rotatable bonds is 7. The summed E-state index contributed by atoms with van der Waals surface area (Å²) in [4.78, 5) is 25.0. The molecule has 2 amide bonds. The Morgan fingerprint density at radius 2 is 1.97 bits per heavy atom. The lowest BCUT2D eigenvalue weighted by Gasteiger charge is -2.21. The van der Waals surface area contributed by atoms with Crippen LogP contribution >= 0.6 is 11.8 Å². The number of amides is 2. The SMILES string of the molecule is CC(NC(=O)c1cccc(NC(=O)CSc2nncn2C)c1)c1ccc2c(c1)OCCO2. The molecule has 1 unspecified atom stereocenters. The van der Waals surface area contributed by atoms with Crippen molar-refractivity contribution in [2.45, 2.75) is 18.1 Å². The maximum Gasteiger partial charge on any atom is 0.251 e. The molecule has 166 valence electrons. The van der Waals surface area contributed by atoms with E-state index < -0.39 is 0 Å². The Labute approximate surface area is 189 Å². The summed E-state index contributed by atoms with van der Waals surface area (Å²) in [5.41, 5.74) is 1.91. The largest absolute Gasteiger partial charge is 0.486 e. The quantitative estimate of drug-likeness (QED) is 0.530. The number of nitrogens with zero attached hydrogens (tertiary/aromatic N) is 3. The molecule has 3 aromatic rings. The summed E-state index contributed by atoms with van der Waals surface area (Å²) < 4.78 is 12.9. The average molecular weight is 454 g/mol. The zero-order valence-corrected chi connectivity index (χ0v) is 18.5. The van der Waals surface area contributed by atoms with Crippen LogP contribution < -0.4 is 20.1 Å². The molecular formula is C22H23N5O4S. The smallest absolute Gasteiger partial charge is 0.251 e. The van der Waals surface area contributed by atoms with Gasteiger partial charge in [-0.3, -0.25) is 9.59 Å². The van der Waals surface area contributed by atoms with Crippen molar-refractivity contribution >= 4 is 29.3 Å². The van der Waals surface area contributed by atoms with E-state index in [1.54, 1.807) is 35.2 Å². The number of thioether (sulfide) groups is 1. The third-order valence-corrected chi connectivity index (χ3v) is 5.86. The third kappa shape index (κ3) is 5.20. The fraction of sp³-hybridized carbons (Fsp3) is 0.273. The van der Waals surface area contributed by atoms with E-state index in [1.165, 1.54) is 11.8 Å². The molecule has 0 saturated heterocycles. The number of aryl methyl sites for hydroxylation is 1. The van der Waals surface area contributed by atoms with Crippen molar-refractivity contribution in [3.63, 3.8) is 0 Å². The first-order valence-corrected chi connectivity index (χ1v) is 11.1. The van der Waals surface area contributed by atoms with Gasteiger partial charge in [0, 0.05) is 18.3 Å². The summed E-state index contributed by atoms with van der Waals surface area (Å²) >= 11 is 1.29. The van der Waals surface area contributed by atoms with Crippen LogP contribution in [0.1, 0.15) is 28.9 Å². The predicted octanol–water partition coefficient (Wildman–Crippen LogP) is 2.81. The molecule has 1 aliphatic rings. The average Bonchev–Trinajstić information content (AvgIpc) is 3.22. The van der Waals surface area contributed by atoms with Gasteiger partial charge >= 0.3 is 0 Å². The van der Waals surface area contributed by atoms with Gasteiger partial charge in [-0.2, -0.15) is 0 Å². The van der Waals surface area contributed by atoms with Crippen molar-refractivity contribution in [2.75, 3.05) is 24.3 Å². The molecule has 9 nitrogen and oxygen atoms in total. The van der Waals surface area contributed by atoms with Crippen LogP contribution in [0.3, 0.4) is 0 Å². The number of benzene rings is 2. The third-order valence-electron chi connectivity index (χ3n) is 4.82. The lowest BCUT2D eigenvalue weighted by Crippen LogP contribution is -2.27. The second kappa shape index (κ2) is 9.73. The molecule has 2 aromatic carbocycles. The van der Waals surface area contributed by atoms with E-state index in [-0.39, 0.29) is 23.6 Å². The summed E-state index contributed by atoms with van der Waals surface area (Å²) in [5.74, 6) is 1.14. The van der Waals surface area contributed by atoms with Crippen molar-refractivity contribution in [1.29, 1.82) is 0 Å². The highest BCUT2D eigenvalue weighted by Crippen LogP contribution is 2.32. The minimum absolute atomic E-state index is 0.185. The molecule has 1 aromatic heterocycles. The molecule has 0 radical (unpaired) electrons. The number of carbonyl (C=O) groups is 2. The van der Waals surface area contributed by atoms with Crippen LogP contribution in [-0.4, -0.2) is 45.5 Å². The Morgan fingerprint density at radius 1 is 1.16 bits per heavy atom. The number of ether oxygens (including phenoxy) is 2. The van der Waals surface area contributed by atoms with Crippen LogP contribution in [0.25, 0.3) is 0 Å². The van der Waals surface area contributed by atoms with E-state index in [2.05, 4.69) is 20.8 Å². The number of nitrogens with one attached hydrogen (secondary N) is 2. The highest BCUT2D eigenvalue weighted by atomic mass is 32.2. The molecule has 10 heteroatoms. The Morgan fingerprint density at radius 3 is 2.75 bits per heavy atom. The van der Waals surface area contributed by atoms with Gasteiger partial charge in [0.1, 0.15) is 19.5 Å². The van der Waals surface area contributed by atoms with E-state index in [4.69, 9.17) is 9.47 Å². The molecule has 0 spiro atoms. The lowest BCUT2D eigenvalue weighted by atomic mass is 10.1. The fourth-order valence-corrected chi connectivity index (χ4v) is 3.85. The highest BCUT2D eigenvalue weighted by molar-refractivity contribution is 7.99. The normalized spacial score (nSPS) is 13.3. The van der Waals surface area contributed by atoms with Gasteiger partial charge in [-0.1, -0.05) is 23.9 Å². The van der Waals surface area contributed by atoms with Crippen molar-refractivity contribution in [2.24, 2.45) is 7.05 Å². The molecule has 2 heterocycles. The topological polar surface area (TPSA) is 107 Å². The number of hydrogen-bond donors (Lipinski definition) is 2. The van der Waals surface area contributed by atoms with E-state index >= 15 is 0 Å². The Hall–Kier alpha value is -3.53. The minimum atomic E-state index is -0.239. The molecular weight excluding hydrogens is 430 g/mol. The van der Waals surface area contributed by atoms with Crippen LogP contribution in [0.5, 0.6) is 11.5 Å². The molecule has 2 N–H and O–H groups in total. The standard InChI is InChI=1S/C22H23N5O4S/c1-14(15-6-7-18-19(11-15)31-9-8-30-18)24-21(29)16-4-3-5-17(10-16)25-20(28)12-32-22-26-23-13-27(22)2/h3-7,10-11,13-14H,8-9,12H2,1-2H3,(H,24,29)(H,25,28). The Bertz CT molecular complexity index is 1130. The number of carbonyl (C=O) groups excluding carboxylic acids is 2. The van der Waals surface area contributed by atoms with Crippen molar-refractivity contribution < 1.29 is 19.1 Å². The first-order chi connectivity index (χ1) is 15.5. The predicted molar refractivity (Wildman–Crippen MR) is 120 cm³/mol. The Balaban J connectivity index is 1.35. The summed E-state index contributed by atoms with van der Waals surface area (Å²) in [6.45, 7) is 2.94. The molecule has 0 fully saturated rings. The fourth-order valence-electron chi connectivity index (χ4n) is 3.16. The summed E-state index contributed by atoms with van der Waals surface area (Å²) in [5, 5.41) is 14.2. The summed E-state index contributed by atoms with van der Waals surface area (Å²) in [7, 11) is 1.81. The van der Waals surface area contributed by atoms with E-state index in [9.17, 15) is 9.59 Å². The maximum absolute atomic E-state index is 12.8. The van der Waals surface area contributed by atoms with Crippen LogP contribution in [0.15, 0.2) is 53.9 Å². The van der Waals surface area contributed by atoms with Crippen molar-refractivity contribution in [3.05, 3.63) is 59.9 Å². The second-order valence-corrected chi connectivity index (χ2v) is 8.18. The highest BCUT2D eigenvalue weighted by Gasteiger charge is 2.17. The van der Waals surface area contributed by atoms with Crippen LogP contribution in [0, 0.1) is 0 Å². The lowest BCUT2D eigenvalue weighted by molar-refractivity contribution is -0.113. The number of fused-ring (bicyclic) bond motifs is 1. The minimum Gasteiger partial charge on any atom is -0.486 e. The van der Waals surface area contributed by atoms with Gasteiger partial charge in [-0.15, -0.1) is 10.2 Å². The van der Waals surface area contributed by atoms with Gasteiger partial charge in [-0.05, 0) is 42.8 Å². The summed E-state index contributed by atoms with van der Waals surface area (Å²) in [6.07, 6.45) is 1.58. The number of hydrogen-bond acceptors (Lipinski definition) is 7. The van der Waals surface area contributed by atoms with Gasteiger partial charge in [0.15, 0.2) is 16.7 Å². The van der Waals surface area contributed by atoms with Gasteiger partial charge < -0.3 is 24.7 Å². The zero-order chi connectivity index (χ0) is 22.5. The van der Waals surface area contributed by atoms with E-state index in [0.29, 0.717) is 41.1 Å². The van der Waals surface area contributed by atoms with Crippen LogP contribution in [0.2, 0.25) is 0 Å². The van der Waals surface area contributed by atoms with E-state index in [1.807, 2.05) is 32.2 Å². The van der Waals surface area contributed by atoms with Crippen molar-refractivity contribution in [3.8, 4) is 11.5 Å². The zero-order valence-electron chi connectivity index (χ0n) is 17.7.